The topological polar surface area (TPSA) is 48.5 Å². The standard InChI is InChI=1S/C18H21F2N5S/c1-18(2,3)13-7-5-12(6-8-13)15-22-23-17(24(15)4)26-11-14-21-9-10-25(14)16(19)20/h5-10,16H,11H2,1-4H3. The van der Waals surface area contributed by atoms with Crippen molar-refractivity contribution >= 4 is 11.8 Å². The van der Waals surface area contributed by atoms with Crippen LogP contribution in [0.4, 0.5) is 8.78 Å². The number of hydrogen-bond donors (Lipinski definition) is 0. The molecule has 2 aromatic heterocycles. The molecule has 2 heterocycles. The van der Waals surface area contributed by atoms with Crippen molar-refractivity contribution in [3.8, 4) is 11.4 Å². The van der Waals surface area contributed by atoms with Gasteiger partial charge in [0.15, 0.2) is 11.0 Å². The van der Waals surface area contributed by atoms with Crippen LogP contribution in [0.2, 0.25) is 0 Å². The third-order valence-electron chi connectivity index (χ3n) is 4.13. The van der Waals surface area contributed by atoms with Crippen LogP contribution in [0.3, 0.4) is 0 Å². The Morgan fingerprint density at radius 3 is 2.42 bits per heavy atom. The zero-order valence-electron chi connectivity index (χ0n) is 15.1. The minimum Gasteiger partial charge on any atom is -0.305 e. The molecule has 26 heavy (non-hydrogen) atoms. The zero-order valence-corrected chi connectivity index (χ0v) is 16.0. The lowest BCUT2D eigenvalue weighted by atomic mass is 9.87. The van der Waals surface area contributed by atoms with Crippen LogP contribution >= 0.6 is 11.8 Å². The Labute approximate surface area is 155 Å². The van der Waals surface area contributed by atoms with Crippen molar-refractivity contribution in [2.24, 2.45) is 7.05 Å². The first-order chi connectivity index (χ1) is 12.3. The number of aromatic nitrogens is 5. The molecule has 0 radical (unpaired) electrons. The second-order valence-electron chi connectivity index (χ2n) is 7.01. The Kier molecular flexibility index (Phi) is 5.13. The highest BCUT2D eigenvalue weighted by atomic mass is 32.2. The Morgan fingerprint density at radius 2 is 1.81 bits per heavy atom. The maximum Gasteiger partial charge on any atom is 0.319 e. The summed E-state index contributed by atoms with van der Waals surface area (Å²) in [5, 5.41) is 9.10. The maximum atomic E-state index is 12.9. The largest absolute Gasteiger partial charge is 0.319 e. The van der Waals surface area contributed by atoms with Gasteiger partial charge in [0.1, 0.15) is 5.82 Å². The first-order valence-corrected chi connectivity index (χ1v) is 9.19. The lowest BCUT2D eigenvalue weighted by molar-refractivity contribution is 0.0678. The molecule has 0 spiro atoms. The molecule has 5 nitrogen and oxygen atoms in total. The van der Waals surface area contributed by atoms with Gasteiger partial charge in [-0.25, -0.2) is 4.98 Å². The van der Waals surface area contributed by atoms with Crippen LogP contribution in [0.5, 0.6) is 0 Å². The van der Waals surface area contributed by atoms with E-state index in [0.717, 1.165) is 16.0 Å². The molecule has 138 valence electrons. The van der Waals surface area contributed by atoms with Gasteiger partial charge in [0.2, 0.25) is 0 Å². The summed E-state index contributed by atoms with van der Waals surface area (Å²) in [6.45, 7) is 3.91. The number of imidazole rings is 1. The predicted molar refractivity (Wildman–Crippen MR) is 98.2 cm³/mol. The van der Waals surface area contributed by atoms with Gasteiger partial charge in [-0.2, -0.15) is 8.78 Å². The van der Waals surface area contributed by atoms with Crippen molar-refractivity contribution in [3.05, 3.63) is 48.0 Å². The van der Waals surface area contributed by atoms with E-state index in [2.05, 4.69) is 48.1 Å². The predicted octanol–water partition coefficient (Wildman–Crippen LogP) is 4.66. The summed E-state index contributed by atoms with van der Waals surface area (Å²) in [4.78, 5) is 3.98. The van der Waals surface area contributed by atoms with Gasteiger partial charge in [-0.15, -0.1) is 10.2 Å². The van der Waals surface area contributed by atoms with E-state index in [1.54, 1.807) is 0 Å². The molecule has 0 unspecified atom stereocenters. The molecule has 1 aromatic carbocycles. The lowest BCUT2D eigenvalue weighted by Gasteiger charge is -2.19. The number of nitrogens with zero attached hydrogens (tertiary/aromatic N) is 5. The van der Waals surface area contributed by atoms with E-state index in [9.17, 15) is 8.78 Å². The number of thioether (sulfide) groups is 1. The normalized spacial score (nSPS) is 12.1. The van der Waals surface area contributed by atoms with Gasteiger partial charge in [-0.1, -0.05) is 56.8 Å². The van der Waals surface area contributed by atoms with E-state index in [-0.39, 0.29) is 5.41 Å². The van der Waals surface area contributed by atoms with Gasteiger partial charge in [-0.3, -0.25) is 4.57 Å². The Morgan fingerprint density at radius 1 is 1.12 bits per heavy atom. The summed E-state index contributed by atoms with van der Waals surface area (Å²) in [7, 11) is 1.87. The monoisotopic (exact) mass is 377 g/mol. The summed E-state index contributed by atoms with van der Waals surface area (Å²) in [5.41, 5.74) is 2.30. The third-order valence-corrected chi connectivity index (χ3v) is 5.15. The highest BCUT2D eigenvalue weighted by molar-refractivity contribution is 7.98. The van der Waals surface area contributed by atoms with E-state index in [1.807, 2.05) is 23.7 Å². The molecular weight excluding hydrogens is 356 g/mol. The van der Waals surface area contributed by atoms with E-state index >= 15 is 0 Å². The molecule has 0 aliphatic heterocycles. The molecule has 0 aliphatic carbocycles. The van der Waals surface area contributed by atoms with Gasteiger partial charge in [0, 0.05) is 25.0 Å². The van der Waals surface area contributed by atoms with Crippen LogP contribution in [0.25, 0.3) is 11.4 Å². The molecular formula is C18H21F2N5S. The summed E-state index contributed by atoms with van der Waals surface area (Å²) < 4.78 is 28.5. The lowest BCUT2D eigenvalue weighted by Crippen LogP contribution is -2.10. The van der Waals surface area contributed by atoms with Gasteiger partial charge in [-0.05, 0) is 11.0 Å². The number of benzene rings is 1. The maximum absolute atomic E-state index is 12.9. The van der Waals surface area contributed by atoms with Gasteiger partial charge in [0.05, 0.1) is 5.75 Å². The van der Waals surface area contributed by atoms with Crippen LogP contribution in [0.15, 0.2) is 41.8 Å². The SMILES string of the molecule is Cn1c(SCc2nccn2C(F)F)nnc1-c1ccc(C(C)(C)C)cc1. The summed E-state index contributed by atoms with van der Waals surface area (Å²) in [5.74, 6) is 1.35. The van der Waals surface area contributed by atoms with Crippen LogP contribution in [0.1, 0.15) is 38.7 Å². The highest BCUT2D eigenvalue weighted by Crippen LogP contribution is 2.28. The molecule has 0 aliphatic rings. The second kappa shape index (κ2) is 7.19. The van der Waals surface area contributed by atoms with Crippen molar-refractivity contribution in [2.75, 3.05) is 0 Å². The average molecular weight is 377 g/mol. The van der Waals surface area contributed by atoms with E-state index in [4.69, 9.17) is 0 Å². The number of alkyl halides is 2. The molecule has 0 atom stereocenters. The zero-order chi connectivity index (χ0) is 18.9. The van der Waals surface area contributed by atoms with Crippen LogP contribution < -0.4 is 0 Å². The van der Waals surface area contributed by atoms with Crippen LogP contribution in [-0.4, -0.2) is 24.3 Å². The average Bonchev–Trinajstić information content (AvgIpc) is 3.19. The summed E-state index contributed by atoms with van der Waals surface area (Å²) in [6, 6.07) is 8.25. The molecule has 0 fully saturated rings. The van der Waals surface area contributed by atoms with E-state index in [1.165, 1.54) is 29.7 Å². The molecule has 0 N–H and O–H groups in total. The van der Waals surface area contributed by atoms with Gasteiger partial charge < -0.3 is 4.57 Å². The quantitative estimate of drug-likeness (QED) is 0.607. The minimum atomic E-state index is -2.59. The van der Waals surface area contributed by atoms with Crippen LogP contribution in [-0.2, 0) is 18.2 Å². The first-order valence-electron chi connectivity index (χ1n) is 8.20. The van der Waals surface area contributed by atoms with E-state index < -0.39 is 6.55 Å². The van der Waals surface area contributed by atoms with Crippen molar-refractivity contribution in [1.29, 1.82) is 0 Å². The molecule has 3 rings (SSSR count). The molecule has 8 heteroatoms. The summed E-state index contributed by atoms with van der Waals surface area (Å²) in [6.07, 6.45) is 2.65. The molecule has 0 saturated heterocycles. The smallest absolute Gasteiger partial charge is 0.305 e. The summed E-state index contributed by atoms with van der Waals surface area (Å²) >= 11 is 1.33. The van der Waals surface area contributed by atoms with Gasteiger partial charge in [0.25, 0.3) is 0 Å². The third kappa shape index (κ3) is 3.80. The van der Waals surface area contributed by atoms with E-state index in [0.29, 0.717) is 16.7 Å². The first kappa shape index (κ1) is 18.6. The minimum absolute atomic E-state index is 0.0893. The number of halogens is 2. The van der Waals surface area contributed by atoms with Crippen LogP contribution in [0, 0.1) is 0 Å². The van der Waals surface area contributed by atoms with Crippen molar-refractivity contribution < 1.29 is 8.78 Å². The fourth-order valence-corrected chi connectivity index (χ4v) is 3.43. The molecule has 0 amide bonds. The second-order valence-corrected chi connectivity index (χ2v) is 7.95. The molecule has 0 saturated carbocycles. The number of hydrogen-bond acceptors (Lipinski definition) is 4. The fraction of sp³-hybridized carbons (Fsp3) is 0.389. The Balaban J connectivity index is 1.77. The van der Waals surface area contributed by atoms with Gasteiger partial charge >= 0.3 is 6.55 Å². The Hall–Kier alpha value is -2.22. The van der Waals surface area contributed by atoms with Crippen molar-refractivity contribution in [1.82, 2.24) is 24.3 Å². The molecule has 0 bridgehead atoms. The number of rotatable bonds is 5. The highest BCUT2D eigenvalue weighted by Gasteiger charge is 2.17. The molecule has 3 aromatic rings. The fourth-order valence-electron chi connectivity index (χ4n) is 2.57. The van der Waals surface area contributed by atoms with Crippen molar-refractivity contribution in [2.45, 2.75) is 43.6 Å². The van der Waals surface area contributed by atoms with Crippen molar-refractivity contribution in [3.63, 3.8) is 0 Å². The Bertz CT molecular complexity index is 878.